The zero-order valence-electron chi connectivity index (χ0n) is 72.4. The molecule has 652 valence electrons. The maximum atomic E-state index is 14.4. The van der Waals surface area contributed by atoms with Gasteiger partial charge in [0, 0.05) is 32.1 Å². The molecule has 0 saturated heterocycles. The Bertz CT molecular complexity index is 2300. The van der Waals surface area contributed by atoms with Crippen LogP contribution in [-0.4, -0.2) is 123 Å². The zero-order valence-corrected chi connectivity index (χ0v) is 72.4. The normalized spacial score (nSPS) is 14.4. The number of carbonyl (C=O) groups excluding carboxylic acids is 6. The molecule has 0 radical (unpaired) electrons. The summed E-state index contributed by atoms with van der Waals surface area (Å²) in [6.07, 6.45) is 66.9. The predicted molar refractivity (Wildman–Crippen MR) is 461 cm³/mol. The molecule has 0 bridgehead atoms. The van der Waals surface area contributed by atoms with Gasteiger partial charge in [-0.1, -0.05) is 320 Å². The smallest absolute Gasteiger partial charge is 0.306 e. The lowest BCUT2D eigenvalue weighted by atomic mass is 10.0. The lowest BCUT2D eigenvalue weighted by Gasteiger charge is -2.34. The second kappa shape index (κ2) is 83.0. The average Bonchev–Trinajstić information content (AvgIpc) is 0.825. The van der Waals surface area contributed by atoms with Crippen LogP contribution in [0.5, 0.6) is 0 Å². The number of carbonyl (C=O) groups is 6. The lowest BCUT2D eigenvalue weighted by Crippen LogP contribution is -2.54. The number of aliphatic hydroxyl groups excluding tert-OH is 5. The number of rotatable bonds is 85. The van der Waals surface area contributed by atoms with Crippen LogP contribution < -0.4 is 0 Å². The quantitative estimate of drug-likeness (QED) is 0.0125. The average molecular weight is 1580 g/mol. The molecule has 0 aromatic carbocycles. The largest absolute Gasteiger partial charge is 0.462 e. The van der Waals surface area contributed by atoms with Crippen LogP contribution in [0.3, 0.4) is 0 Å². The molecule has 0 aliphatic carbocycles. The molecule has 112 heavy (non-hydrogen) atoms. The van der Waals surface area contributed by atoms with Crippen molar-refractivity contribution < 1.29 is 78.0 Å². The first-order chi connectivity index (χ1) is 54.6. The van der Waals surface area contributed by atoms with E-state index in [1.807, 2.05) is 0 Å². The highest BCUT2D eigenvalue weighted by molar-refractivity contribution is 5.75. The van der Waals surface area contributed by atoms with Gasteiger partial charge >= 0.3 is 29.8 Å². The van der Waals surface area contributed by atoms with E-state index in [4.69, 9.17) is 23.7 Å². The molecule has 0 aromatic rings. The lowest BCUT2D eigenvalue weighted by molar-refractivity contribution is -0.204. The number of ether oxygens (including phenoxy) is 5. The van der Waals surface area contributed by atoms with E-state index in [-0.39, 0.29) is 62.6 Å². The van der Waals surface area contributed by atoms with Crippen molar-refractivity contribution in [1.29, 1.82) is 0 Å². The van der Waals surface area contributed by atoms with Gasteiger partial charge in [-0.3, -0.25) is 28.8 Å². The minimum atomic E-state index is -1.80. The highest BCUT2D eigenvalue weighted by atomic mass is 16.6. The Hall–Kier alpha value is -4.48. The van der Waals surface area contributed by atoms with E-state index in [0.717, 1.165) is 263 Å². The molecule has 0 spiro atoms. The summed E-state index contributed by atoms with van der Waals surface area (Å²) in [4.78, 5) is 84.4. The fraction of sp³-hybridized carbons (Fsp3) is 0.833. The van der Waals surface area contributed by atoms with Crippen LogP contribution in [0.15, 0.2) is 60.8 Å². The number of esters is 5. The Balaban J connectivity index is 6.91. The van der Waals surface area contributed by atoms with E-state index >= 15 is 0 Å². The summed E-state index contributed by atoms with van der Waals surface area (Å²) in [5.74, 6) is -3.41. The number of aliphatic hydroxyl groups is 5. The molecule has 0 heterocycles. The molecule has 0 saturated carbocycles. The van der Waals surface area contributed by atoms with Gasteiger partial charge in [0.05, 0.1) is 30.5 Å². The van der Waals surface area contributed by atoms with Crippen molar-refractivity contribution in [2.75, 3.05) is 6.61 Å². The molecule has 0 unspecified atom stereocenters. The van der Waals surface area contributed by atoms with E-state index in [1.165, 1.54) is 44.9 Å². The summed E-state index contributed by atoms with van der Waals surface area (Å²) in [6.45, 7) is 10.3. The van der Waals surface area contributed by atoms with Crippen LogP contribution in [0, 0.1) is 0 Å². The Morgan fingerprint density at radius 2 is 0.473 bits per heavy atom. The summed E-state index contributed by atoms with van der Waals surface area (Å²) < 4.78 is 30.7. The first kappa shape index (κ1) is 108. The van der Waals surface area contributed by atoms with Gasteiger partial charge in [0.25, 0.3) is 0 Å². The number of hydrogen-bond acceptors (Lipinski definition) is 16. The maximum absolute atomic E-state index is 14.4. The Morgan fingerprint density at radius 1 is 0.250 bits per heavy atom. The van der Waals surface area contributed by atoms with Crippen LogP contribution in [0.4, 0.5) is 0 Å². The number of unbranched alkanes of at least 4 members (excludes halogenated alkanes) is 40. The summed E-state index contributed by atoms with van der Waals surface area (Å²) in [6, 6.07) is 0. The van der Waals surface area contributed by atoms with Crippen molar-refractivity contribution in [3.63, 3.8) is 0 Å². The van der Waals surface area contributed by atoms with E-state index in [1.54, 1.807) is 0 Å². The first-order valence-corrected chi connectivity index (χ1v) is 46.7. The molecule has 9 atom stereocenters. The summed E-state index contributed by atoms with van der Waals surface area (Å²) >= 11 is 0. The summed E-state index contributed by atoms with van der Waals surface area (Å²) in [7, 11) is 0. The molecule has 0 aliphatic heterocycles. The third-order valence-corrected chi connectivity index (χ3v) is 21.2. The van der Waals surface area contributed by atoms with Gasteiger partial charge in [-0.05, 0) is 161 Å². The fourth-order valence-corrected chi connectivity index (χ4v) is 13.9. The van der Waals surface area contributed by atoms with Crippen molar-refractivity contribution >= 4 is 36.1 Å². The molecular formula is C96H172O16. The third-order valence-electron chi connectivity index (χ3n) is 21.2. The van der Waals surface area contributed by atoms with Gasteiger partial charge in [0.15, 0.2) is 30.7 Å². The van der Waals surface area contributed by atoms with Crippen LogP contribution in [0.1, 0.15) is 452 Å². The maximum Gasteiger partial charge on any atom is 0.306 e. The van der Waals surface area contributed by atoms with Crippen molar-refractivity contribution in [1.82, 2.24) is 0 Å². The topological polar surface area (TPSA) is 250 Å². The number of allylic oxidation sites excluding steroid dienone is 5. The molecule has 0 fully saturated rings. The van der Waals surface area contributed by atoms with E-state index < -0.39 is 60.9 Å². The van der Waals surface area contributed by atoms with Crippen LogP contribution in [-0.2, 0) is 52.5 Å². The Morgan fingerprint density at radius 3 is 0.741 bits per heavy atom. The van der Waals surface area contributed by atoms with Crippen molar-refractivity contribution in [2.24, 2.45) is 0 Å². The van der Waals surface area contributed by atoms with Crippen molar-refractivity contribution in [3.05, 3.63) is 60.8 Å². The Kier molecular flexibility index (Phi) is 79.7. The van der Waals surface area contributed by atoms with Crippen molar-refractivity contribution in [3.8, 4) is 0 Å². The van der Waals surface area contributed by atoms with Crippen LogP contribution >= 0.6 is 0 Å². The minimum Gasteiger partial charge on any atom is -0.462 e. The van der Waals surface area contributed by atoms with Crippen LogP contribution in [0.2, 0.25) is 0 Å². The minimum absolute atomic E-state index is 0.0237. The predicted octanol–water partition coefficient (Wildman–Crippen LogP) is 24.4. The van der Waals surface area contributed by atoms with Gasteiger partial charge in [0.2, 0.25) is 0 Å². The second-order valence-corrected chi connectivity index (χ2v) is 32.3. The van der Waals surface area contributed by atoms with E-state index in [9.17, 15) is 54.3 Å². The summed E-state index contributed by atoms with van der Waals surface area (Å²) in [5, 5.41) is 52.0. The highest BCUT2D eigenvalue weighted by Gasteiger charge is 2.45. The number of aldehydes is 1. The first-order valence-electron chi connectivity index (χ1n) is 46.7. The zero-order chi connectivity index (χ0) is 82.1. The molecule has 5 N–H and O–H groups in total. The summed E-state index contributed by atoms with van der Waals surface area (Å²) in [5.41, 5.74) is 0. The van der Waals surface area contributed by atoms with Gasteiger partial charge in [-0.15, -0.1) is 0 Å². The molecule has 0 rings (SSSR count). The third kappa shape index (κ3) is 73.2. The van der Waals surface area contributed by atoms with E-state index in [0.29, 0.717) is 83.3 Å². The standard InChI is InChI=1S/C96H172O16/c1-6-11-16-51-66-83(98)71-56-41-31-21-26-36-46-61-76-90(103)108-82-89(110-92(105)78-63-48-38-28-23-33-43-58-73-85(100)68-53-18-13-8-3)96(112-94(107)80-65-50-40-30-25-35-45-60-75-87(102)70-55-20-15-10-5)95(111-93(106)79-64-49-39-29-24-34-44-59-74-86(101)69-54-19-14-9-4)88(81-97)109-91(104)77-62-47-37-27-22-32-42-57-72-84(99)67-52-17-12-7-2/h41-45,56-60,81,83-89,95-96,98-102H,6-40,46-55,61-80,82H2,1-5H3/t83-,84-,85-,86-,87-,88+,89-,95-,96-/m1/s1. The van der Waals surface area contributed by atoms with Crippen molar-refractivity contribution in [2.45, 2.75) is 507 Å². The number of hydrogen-bond donors (Lipinski definition) is 5. The SMILES string of the molecule is CCCCCC[C@@H](O)CC=CCCCCCCCC(=O)OC[C@@H](OC(=O)CCCCCCCC=CC[C@H](O)CCCCCC)[C@@H](OC(=O)CCCCCCCC=CC[C@H](O)CCCCCC)[C@H](OC(=O)CCCCCCCC=CC[C@H](O)CCCCCC)[C@H](C=O)OC(=O)CCCCCCCC=CC[C@H](O)CCCCCC. The van der Waals surface area contributed by atoms with E-state index in [2.05, 4.69) is 95.4 Å². The van der Waals surface area contributed by atoms with Gasteiger partial charge in [-0.2, -0.15) is 0 Å². The molecule has 0 amide bonds. The van der Waals surface area contributed by atoms with Gasteiger partial charge in [0.1, 0.15) is 6.61 Å². The fourth-order valence-electron chi connectivity index (χ4n) is 13.9. The van der Waals surface area contributed by atoms with Gasteiger partial charge in [-0.25, -0.2) is 0 Å². The second-order valence-electron chi connectivity index (χ2n) is 32.3. The molecule has 0 aliphatic rings. The Labute approximate surface area is 684 Å². The molecule has 16 heteroatoms. The molecule has 16 nitrogen and oxygen atoms in total. The van der Waals surface area contributed by atoms with Crippen LogP contribution in [0.25, 0.3) is 0 Å². The van der Waals surface area contributed by atoms with Gasteiger partial charge < -0.3 is 49.2 Å². The molecular weight excluding hydrogens is 1410 g/mol. The monoisotopic (exact) mass is 1580 g/mol. The molecule has 0 aromatic heterocycles. The highest BCUT2D eigenvalue weighted by Crippen LogP contribution is 2.25.